The molecule has 1 fully saturated rings. The van der Waals surface area contributed by atoms with Crippen LogP contribution in [0, 0.1) is 0 Å². The summed E-state index contributed by atoms with van der Waals surface area (Å²) in [4.78, 5) is 11.0. The number of hydrogen-bond donors (Lipinski definition) is 1. The van der Waals surface area contributed by atoms with Crippen LogP contribution in [-0.2, 0) is 15.0 Å². The largest absolute Gasteiger partial charge is 0.480 e. The van der Waals surface area contributed by atoms with Crippen LogP contribution in [0.3, 0.4) is 0 Å². The van der Waals surface area contributed by atoms with E-state index in [1.54, 1.807) is 0 Å². The van der Waals surface area contributed by atoms with E-state index in [0.29, 0.717) is 25.9 Å². The Hall–Kier alpha value is -0.660. The average molecular weight is 264 g/mol. The van der Waals surface area contributed by atoms with Crippen LogP contribution in [0.2, 0.25) is 0 Å². The summed E-state index contributed by atoms with van der Waals surface area (Å²) in [6.07, 6.45) is 2.69. The van der Waals surface area contributed by atoms with Crippen molar-refractivity contribution >= 4 is 16.2 Å². The Balaban J connectivity index is 2.78. The zero-order chi connectivity index (χ0) is 13.1. The standard InChI is InChI=1S/C10H20N2O4S/c1-3-4-7-11(2)17(15,16)12-8-5-6-9(12)10(13)14/h9H,3-8H2,1-2H3,(H,13,14). The lowest BCUT2D eigenvalue weighted by atomic mass is 10.2. The maximum absolute atomic E-state index is 12.1. The lowest BCUT2D eigenvalue weighted by molar-refractivity contribution is -0.140. The maximum atomic E-state index is 12.1. The Morgan fingerprint density at radius 2 is 2.18 bits per heavy atom. The molecule has 7 heteroatoms. The van der Waals surface area contributed by atoms with E-state index in [-0.39, 0.29) is 0 Å². The molecule has 0 aliphatic carbocycles. The van der Waals surface area contributed by atoms with Gasteiger partial charge in [0.25, 0.3) is 10.2 Å². The first kappa shape index (κ1) is 14.4. The molecule has 1 heterocycles. The first-order chi connectivity index (χ1) is 7.91. The third kappa shape index (κ3) is 3.17. The molecule has 0 bridgehead atoms. The fraction of sp³-hybridized carbons (Fsp3) is 0.900. The SMILES string of the molecule is CCCCN(C)S(=O)(=O)N1CCCC1C(=O)O. The van der Waals surface area contributed by atoms with Crippen LogP contribution < -0.4 is 0 Å². The number of carbonyl (C=O) groups is 1. The Morgan fingerprint density at radius 1 is 1.53 bits per heavy atom. The highest BCUT2D eigenvalue weighted by atomic mass is 32.2. The van der Waals surface area contributed by atoms with Crippen molar-refractivity contribution in [2.45, 2.75) is 38.6 Å². The molecule has 1 aliphatic heterocycles. The molecule has 100 valence electrons. The molecule has 17 heavy (non-hydrogen) atoms. The molecule has 1 unspecified atom stereocenters. The van der Waals surface area contributed by atoms with Crippen LogP contribution in [0.5, 0.6) is 0 Å². The highest BCUT2D eigenvalue weighted by Crippen LogP contribution is 2.23. The Bertz CT molecular complexity index is 369. The van der Waals surface area contributed by atoms with E-state index in [4.69, 9.17) is 5.11 Å². The van der Waals surface area contributed by atoms with Crippen molar-refractivity contribution < 1.29 is 18.3 Å². The van der Waals surface area contributed by atoms with Gasteiger partial charge in [-0.3, -0.25) is 4.79 Å². The molecular weight excluding hydrogens is 244 g/mol. The zero-order valence-corrected chi connectivity index (χ0v) is 11.1. The van der Waals surface area contributed by atoms with Crippen LogP contribution in [0.15, 0.2) is 0 Å². The summed E-state index contributed by atoms with van der Waals surface area (Å²) in [5.74, 6) is -1.06. The van der Waals surface area contributed by atoms with Crippen LogP contribution in [-0.4, -0.2) is 54.3 Å². The highest BCUT2D eigenvalue weighted by molar-refractivity contribution is 7.86. The fourth-order valence-electron chi connectivity index (χ4n) is 1.94. The van der Waals surface area contributed by atoms with Gasteiger partial charge in [0, 0.05) is 20.1 Å². The zero-order valence-electron chi connectivity index (χ0n) is 10.3. The second-order valence-electron chi connectivity index (χ2n) is 4.29. The van der Waals surface area contributed by atoms with Gasteiger partial charge in [-0.15, -0.1) is 0 Å². The van der Waals surface area contributed by atoms with E-state index in [1.807, 2.05) is 6.92 Å². The number of unbranched alkanes of at least 4 members (excludes halogenated alkanes) is 1. The molecule has 0 radical (unpaired) electrons. The van der Waals surface area contributed by atoms with Gasteiger partial charge in [-0.2, -0.15) is 17.0 Å². The average Bonchev–Trinajstić information content (AvgIpc) is 2.75. The van der Waals surface area contributed by atoms with Crippen LogP contribution >= 0.6 is 0 Å². The fourth-order valence-corrected chi connectivity index (χ4v) is 3.53. The number of carboxylic acids is 1. The van der Waals surface area contributed by atoms with E-state index in [1.165, 1.54) is 11.4 Å². The van der Waals surface area contributed by atoms with Crippen molar-refractivity contribution in [3.05, 3.63) is 0 Å². The van der Waals surface area contributed by atoms with E-state index in [2.05, 4.69) is 0 Å². The summed E-state index contributed by atoms with van der Waals surface area (Å²) in [5.41, 5.74) is 0. The molecule has 0 amide bonds. The molecule has 6 nitrogen and oxygen atoms in total. The van der Waals surface area contributed by atoms with E-state index < -0.39 is 22.2 Å². The quantitative estimate of drug-likeness (QED) is 0.758. The van der Waals surface area contributed by atoms with Gasteiger partial charge in [-0.25, -0.2) is 0 Å². The summed E-state index contributed by atoms with van der Waals surface area (Å²) in [7, 11) is -2.12. The molecule has 1 aliphatic rings. The van der Waals surface area contributed by atoms with Crippen LogP contribution in [0.1, 0.15) is 32.6 Å². The summed E-state index contributed by atoms with van der Waals surface area (Å²) in [6, 6.07) is -0.899. The monoisotopic (exact) mass is 264 g/mol. The molecule has 0 spiro atoms. The van der Waals surface area contributed by atoms with Gasteiger partial charge < -0.3 is 5.11 Å². The van der Waals surface area contributed by atoms with E-state index >= 15 is 0 Å². The second kappa shape index (κ2) is 5.79. The highest BCUT2D eigenvalue weighted by Gasteiger charge is 2.40. The van der Waals surface area contributed by atoms with Crippen molar-refractivity contribution in [1.29, 1.82) is 0 Å². The minimum absolute atomic E-state index is 0.301. The minimum Gasteiger partial charge on any atom is -0.480 e. The lowest BCUT2D eigenvalue weighted by Gasteiger charge is -2.26. The van der Waals surface area contributed by atoms with Crippen molar-refractivity contribution in [3.63, 3.8) is 0 Å². The van der Waals surface area contributed by atoms with Gasteiger partial charge in [0.1, 0.15) is 6.04 Å². The second-order valence-corrected chi connectivity index (χ2v) is 6.28. The summed E-state index contributed by atoms with van der Waals surface area (Å²) >= 11 is 0. The predicted molar refractivity (Wildman–Crippen MR) is 63.8 cm³/mol. The molecule has 0 aromatic heterocycles. The molecule has 0 aromatic carbocycles. The summed E-state index contributed by atoms with van der Waals surface area (Å²) < 4.78 is 26.6. The van der Waals surface area contributed by atoms with Crippen molar-refractivity contribution in [3.8, 4) is 0 Å². The first-order valence-corrected chi connectivity index (χ1v) is 7.27. The smallest absolute Gasteiger partial charge is 0.322 e. The number of nitrogens with zero attached hydrogens (tertiary/aromatic N) is 2. The number of aliphatic carboxylic acids is 1. The number of rotatable bonds is 6. The van der Waals surface area contributed by atoms with Gasteiger partial charge in [0.2, 0.25) is 0 Å². The van der Waals surface area contributed by atoms with E-state index in [9.17, 15) is 13.2 Å². The Kier molecular flexibility index (Phi) is 4.91. The van der Waals surface area contributed by atoms with Gasteiger partial charge in [0.05, 0.1) is 0 Å². The van der Waals surface area contributed by atoms with Crippen molar-refractivity contribution in [2.75, 3.05) is 20.1 Å². The minimum atomic E-state index is -3.62. The Morgan fingerprint density at radius 3 is 2.71 bits per heavy atom. The lowest BCUT2D eigenvalue weighted by Crippen LogP contribution is -2.47. The van der Waals surface area contributed by atoms with Crippen LogP contribution in [0.25, 0.3) is 0 Å². The van der Waals surface area contributed by atoms with E-state index in [0.717, 1.165) is 17.1 Å². The Labute approximate surface area is 102 Å². The molecule has 1 N–H and O–H groups in total. The molecule has 1 rings (SSSR count). The normalized spacial score (nSPS) is 22.2. The first-order valence-electron chi connectivity index (χ1n) is 5.87. The predicted octanol–water partition coefficient (Wildman–Crippen LogP) is 0.512. The molecular formula is C10H20N2O4S. The van der Waals surface area contributed by atoms with Crippen molar-refractivity contribution in [1.82, 2.24) is 8.61 Å². The van der Waals surface area contributed by atoms with Crippen molar-refractivity contribution in [2.24, 2.45) is 0 Å². The topological polar surface area (TPSA) is 77.9 Å². The van der Waals surface area contributed by atoms with Gasteiger partial charge in [-0.05, 0) is 19.3 Å². The molecule has 0 saturated carbocycles. The van der Waals surface area contributed by atoms with Gasteiger partial charge >= 0.3 is 5.97 Å². The van der Waals surface area contributed by atoms with Gasteiger partial charge in [-0.1, -0.05) is 13.3 Å². The summed E-state index contributed by atoms with van der Waals surface area (Å²) in [6.45, 7) is 2.72. The third-order valence-corrected chi connectivity index (χ3v) is 5.01. The number of carboxylic acid groups (broad SMARTS) is 1. The third-order valence-electron chi connectivity index (χ3n) is 3.01. The molecule has 0 aromatic rings. The molecule has 1 atom stereocenters. The summed E-state index contributed by atoms with van der Waals surface area (Å²) in [5, 5.41) is 8.98. The van der Waals surface area contributed by atoms with Crippen LogP contribution in [0.4, 0.5) is 0 Å². The molecule has 1 saturated heterocycles. The van der Waals surface area contributed by atoms with Gasteiger partial charge in [0.15, 0.2) is 0 Å². The number of hydrogen-bond acceptors (Lipinski definition) is 3. The maximum Gasteiger partial charge on any atom is 0.322 e.